The summed E-state index contributed by atoms with van der Waals surface area (Å²) in [5, 5.41) is 15.3. The third-order valence-electron chi connectivity index (χ3n) is 4.48. The fourth-order valence-electron chi connectivity index (χ4n) is 2.75. The number of amides is 1. The Hall–Kier alpha value is -3.06. The summed E-state index contributed by atoms with van der Waals surface area (Å²) in [5.74, 6) is -0.416. The van der Waals surface area contributed by atoms with Crippen molar-refractivity contribution in [3.8, 4) is 6.07 Å². The van der Waals surface area contributed by atoms with Crippen molar-refractivity contribution < 1.29 is 4.79 Å². The van der Waals surface area contributed by atoms with Crippen molar-refractivity contribution in [2.45, 2.75) is 46.5 Å². The molecular formula is C23H27N3O. The number of nitrogens with one attached hydrogen (secondary N) is 2. The molecule has 0 spiro atoms. The summed E-state index contributed by atoms with van der Waals surface area (Å²) in [4.78, 5) is 12.5. The molecule has 0 radical (unpaired) electrons. The summed E-state index contributed by atoms with van der Waals surface area (Å²) in [6.45, 7) is 10.4. The van der Waals surface area contributed by atoms with Crippen LogP contribution in [0.25, 0.3) is 0 Å². The molecule has 0 saturated carbocycles. The first-order valence-electron chi connectivity index (χ1n) is 9.13. The van der Waals surface area contributed by atoms with Gasteiger partial charge in [0.2, 0.25) is 0 Å². The van der Waals surface area contributed by atoms with E-state index in [1.807, 2.05) is 62.4 Å². The van der Waals surface area contributed by atoms with Crippen molar-refractivity contribution in [1.29, 1.82) is 5.26 Å². The molecule has 0 atom stereocenters. The van der Waals surface area contributed by atoms with E-state index in [9.17, 15) is 10.1 Å². The maximum atomic E-state index is 12.5. The van der Waals surface area contributed by atoms with Crippen molar-refractivity contribution in [2.24, 2.45) is 0 Å². The van der Waals surface area contributed by atoms with Crippen LogP contribution in [0.15, 0.2) is 54.2 Å². The number of hydrogen-bond acceptors (Lipinski definition) is 3. The molecule has 2 N–H and O–H groups in total. The minimum Gasteiger partial charge on any atom is -0.360 e. The van der Waals surface area contributed by atoms with Crippen LogP contribution in [-0.4, -0.2) is 5.91 Å². The van der Waals surface area contributed by atoms with Crippen molar-refractivity contribution in [3.63, 3.8) is 0 Å². The largest absolute Gasteiger partial charge is 0.360 e. The van der Waals surface area contributed by atoms with E-state index in [-0.39, 0.29) is 11.0 Å². The van der Waals surface area contributed by atoms with Gasteiger partial charge >= 0.3 is 0 Å². The number of benzene rings is 2. The van der Waals surface area contributed by atoms with E-state index in [4.69, 9.17) is 0 Å². The van der Waals surface area contributed by atoms with E-state index in [0.29, 0.717) is 0 Å². The number of anilines is 2. The number of hydrogen-bond donors (Lipinski definition) is 2. The third kappa shape index (κ3) is 5.21. The molecule has 2 rings (SSSR count). The van der Waals surface area contributed by atoms with E-state index >= 15 is 0 Å². The quantitative estimate of drug-likeness (QED) is 0.560. The SMILES string of the molecule is CCc1cccc(C)c1NC(=O)/C(C#N)=C\Nc1ccc(C(C)(C)C)cc1. The Bertz CT molecular complexity index is 881. The van der Waals surface area contributed by atoms with E-state index in [0.717, 1.165) is 28.9 Å². The first-order valence-corrected chi connectivity index (χ1v) is 9.13. The first-order chi connectivity index (χ1) is 12.8. The monoisotopic (exact) mass is 361 g/mol. The van der Waals surface area contributed by atoms with Gasteiger partial charge < -0.3 is 10.6 Å². The summed E-state index contributed by atoms with van der Waals surface area (Å²) >= 11 is 0. The van der Waals surface area contributed by atoms with Gasteiger partial charge in [0.15, 0.2) is 0 Å². The highest BCUT2D eigenvalue weighted by atomic mass is 16.1. The van der Waals surface area contributed by atoms with Crippen LogP contribution < -0.4 is 10.6 Å². The zero-order chi connectivity index (χ0) is 20.0. The van der Waals surface area contributed by atoms with Crippen LogP contribution >= 0.6 is 0 Å². The van der Waals surface area contributed by atoms with Crippen LogP contribution in [0.4, 0.5) is 11.4 Å². The maximum Gasteiger partial charge on any atom is 0.267 e. The van der Waals surface area contributed by atoms with Crippen molar-refractivity contribution in [3.05, 3.63) is 70.9 Å². The number of carbonyl (C=O) groups excluding carboxylic acids is 1. The highest BCUT2D eigenvalue weighted by molar-refractivity contribution is 6.07. The van der Waals surface area contributed by atoms with E-state index in [1.165, 1.54) is 11.8 Å². The molecule has 4 nitrogen and oxygen atoms in total. The van der Waals surface area contributed by atoms with E-state index in [2.05, 4.69) is 31.4 Å². The lowest BCUT2D eigenvalue weighted by atomic mass is 9.87. The Morgan fingerprint density at radius 3 is 2.37 bits per heavy atom. The van der Waals surface area contributed by atoms with Crippen molar-refractivity contribution in [1.82, 2.24) is 0 Å². The fraction of sp³-hybridized carbons (Fsp3) is 0.304. The zero-order valence-corrected chi connectivity index (χ0v) is 16.7. The predicted molar refractivity (Wildman–Crippen MR) is 112 cm³/mol. The normalized spacial score (nSPS) is 11.6. The van der Waals surface area contributed by atoms with Crippen molar-refractivity contribution >= 4 is 17.3 Å². The Kier molecular flexibility index (Phi) is 6.41. The average molecular weight is 361 g/mol. The molecule has 140 valence electrons. The lowest BCUT2D eigenvalue weighted by Crippen LogP contribution is -2.16. The van der Waals surface area contributed by atoms with Crippen LogP contribution in [0.1, 0.15) is 44.4 Å². The molecule has 0 aromatic heterocycles. The average Bonchev–Trinajstić information content (AvgIpc) is 2.63. The second kappa shape index (κ2) is 8.55. The number of para-hydroxylation sites is 1. The van der Waals surface area contributed by atoms with Crippen LogP contribution in [0.2, 0.25) is 0 Å². The number of carbonyl (C=O) groups is 1. The second-order valence-electron chi connectivity index (χ2n) is 7.56. The lowest BCUT2D eigenvalue weighted by Gasteiger charge is -2.19. The van der Waals surface area contributed by atoms with Gasteiger partial charge in [-0.2, -0.15) is 5.26 Å². The Labute approximate surface area is 161 Å². The molecule has 4 heteroatoms. The summed E-state index contributed by atoms with van der Waals surface area (Å²) in [7, 11) is 0. The molecular weight excluding hydrogens is 334 g/mol. The predicted octanol–water partition coefficient (Wildman–Crippen LogP) is 5.31. The van der Waals surface area contributed by atoms with Gasteiger partial charge in [0.25, 0.3) is 5.91 Å². The van der Waals surface area contributed by atoms with Crippen LogP contribution in [0, 0.1) is 18.3 Å². The van der Waals surface area contributed by atoms with Gasteiger partial charge in [0, 0.05) is 17.6 Å². The molecule has 0 aliphatic heterocycles. The highest BCUT2D eigenvalue weighted by Crippen LogP contribution is 2.24. The van der Waals surface area contributed by atoms with Gasteiger partial charge in [0.1, 0.15) is 11.6 Å². The molecule has 0 fully saturated rings. The number of rotatable bonds is 5. The van der Waals surface area contributed by atoms with Gasteiger partial charge in [-0.1, -0.05) is 58.0 Å². The smallest absolute Gasteiger partial charge is 0.267 e. The van der Waals surface area contributed by atoms with E-state index in [1.54, 1.807) is 0 Å². The molecule has 0 unspecified atom stereocenters. The maximum absolute atomic E-state index is 12.5. The fourth-order valence-corrected chi connectivity index (χ4v) is 2.75. The molecule has 27 heavy (non-hydrogen) atoms. The van der Waals surface area contributed by atoms with Gasteiger partial charge in [-0.15, -0.1) is 0 Å². The summed E-state index contributed by atoms with van der Waals surface area (Å²) in [5.41, 5.74) is 4.96. The third-order valence-corrected chi connectivity index (χ3v) is 4.48. The Morgan fingerprint density at radius 2 is 1.81 bits per heavy atom. The zero-order valence-electron chi connectivity index (χ0n) is 16.7. The van der Waals surface area contributed by atoms with Crippen LogP contribution in [-0.2, 0) is 16.6 Å². The molecule has 0 heterocycles. The molecule has 2 aromatic rings. The van der Waals surface area contributed by atoms with Gasteiger partial charge in [0.05, 0.1) is 0 Å². The van der Waals surface area contributed by atoms with Crippen LogP contribution in [0.3, 0.4) is 0 Å². The number of nitrogens with zero attached hydrogens (tertiary/aromatic N) is 1. The highest BCUT2D eigenvalue weighted by Gasteiger charge is 2.14. The molecule has 1 amide bonds. The standard InChI is InChI=1S/C23H27N3O/c1-6-17-9-7-8-16(2)21(17)26-22(27)18(14-24)15-25-20-12-10-19(11-13-20)23(3,4)5/h7-13,15,25H,6H2,1-5H3,(H,26,27)/b18-15-. The summed E-state index contributed by atoms with van der Waals surface area (Å²) in [6, 6.07) is 15.8. The van der Waals surface area contributed by atoms with Gasteiger partial charge in [-0.3, -0.25) is 4.79 Å². The second-order valence-corrected chi connectivity index (χ2v) is 7.56. The minimum absolute atomic E-state index is 0.0280. The van der Waals surface area contributed by atoms with Gasteiger partial charge in [-0.25, -0.2) is 0 Å². The lowest BCUT2D eigenvalue weighted by molar-refractivity contribution is -0.112. The summed E-state index contributed by atoms with van der Waals surface area (Å²) in [6.07, 6.45) is 2.26. The number of aryl methyl sites for hydroxylation is 2. The molecule has 0 aliphatic rings. The van der Waals surface area contributed by atoms with Crippen LogP contribution in [0.5, 0.6) is 0 Å². The van der Waals surface area contributed by atoms with Gasteiger partial charge in [-0.05, 0) is 47.6 Å². The number of nitriles is 1. The minimum atomic E-state index is -0.416. The van der Waals surface area contributed by atoms with E-state index < -0.39 is 5.91 Å². The molecule has 0 bridgehead atoms. The topological polar surface area (TPSA) is 64.9 Å². The Balaban J connectivity index is 2.15. The molecule has 2 aromatic carbocycles. The molecule has 0 saturated heterocycles. The molecule has 0 aliphatic carbocycles. The first kappa shape index (κ1) is 20.3. The summed E-state index contributed by atoms with van der Waals surface area (Å²) < 4.78 is 0. The van der Waals surface area contributed by atoms with Crippen molar-refractivity contribution in [2.75, 3.05) is 10.6 Å². The Morgan fingerprint density at radius 1 is 1.15 bits per heavy atom.